The van der Waals surface area contributed by atoms with Crippen molar-refractivity contribution >= 4 is 27.1 Å². The van der Waals surface area contributed by atoms with Crippen molar-refractivity contribution < 1.29 is 13.5 Å². The SMILES string of the molecule is [Br][Os][Br].c1ccccc1. The maximum absolute atomic E-state index is 3.20. The van der Waals surface area contributed by atoms with Crippen LogP contribution < -0.4 is 0 Å². The Kier molecular flexibility index (Phi) is 9.62. The zero-order valence-corrected chi connectivity index (χ0v) is 10.3. The summed E-state index contributed by atoms with van der Waals surface area (Å²) in [6.07, 6.45) is 0. The summed E-state index contributed by atoms with van der Waals surface area (Å²) in [6, 6.07) is 12.0. The molecular weight excluding hydrogens is 422 g/mol. The van der Waals surface area contributed by atoms with E-state index in [1.807, 2.05) is 36.4 Å². The average Bonchev–Trinajstić information content (AvgIpc) is 1.93. The predicted molar refractivity (Wildman–Crippen MR) is 44.3 cm³/mol. The van der Waals surface area contributed by atoms with Gasteiger partial charge in [0.2, 0.25) is 0 Å². The van der Waals surface area contributed by atoms with Crippen LogP contribution in [0.25, 0.3) is 0 Å². The van der Waals surface area contributed by atoms with E-state index >= 15 is 0 Å². The molecule has 1 rings (SSSR count). The normalized spacial score (nSPS) is 7.78. The molecule has 0 fully saturated rings. The third-order valence-corrected chi connectivity index (χ3v) is 0.667. The minimum absolute atomic E-state index is 0.0417. The van der Waals surface area contributed by atoms with Gasteiger partial charge in [-0.3, -0.25) is 0 Å². The van der Waals surface area contributed by atoms with Gasteiger partial charge in [0.1, 0.15) is 0 Å². The van der Waals surface area contributed by atoms with Crippen LogP contribution in [0.4, 0.5) is 0 Å². The molecule has 0 aromatic heterocycles. The van der Waals surface area contributed by atoms with E-state index in [0.717, 1.165) is 0 Å². The summed E-state index contributed by atoms with van der Waals surface area (Å²) in [4.78, 5) is 0. The van der Waals surface area contributed by atoms with Gasteiger partial charge in [-0.05, 0) is 0 Å². The Morgan fingerprint density at radius 2 is 0.778 bits per heavy atom. The molecule has 0 heterocycles. The fraction of sp³-hybridized carbons (Fsp3) is 0. The van der Waals surface area contributed by atoms with Gasteiger partial charge >= 0.3 is 40.6 Å². The van der Waals surface area contributed by atoms with Crippen LogP contribution in [0.5, 0.6) is 0 Å². The fourth-order valence-corrected chi connectivity index (χ4v) is 0.385. The number of hydrogen-bond acceptors (Lipinski definition) is 0. The molecule has 0 bridgehead atoms. The molecule has 0 aliphatic rings. The third kappa shape index (κ3) is 8.82. The Balaban J connectivity index is 0.000000187. The molecule has 3 heteroatoms. The minimum atomic E-state index is 0.0417. The first-order valence-corrected chi connectivity index (χ1v) is 13.4. The molecule has 9 heavy (non-hydrogen) atoms. The Labute approximate surface area is 76.5 Å². The summed E-state index contributed by atoms with van der Waals surface area (Å²) in [6.45, 7) is 0. The molecule has 0 spiro atoms. The van der Waals surface area contributed by atoms with E-state index in [4.69, 9.17) is 0 Å². The van der Waals surface area contributed by atoms with E-state index in [-0.39, 0.29) is 13.5 Å². The Hall–Kier alpha value is 0.816. The topological polar surface area (TPSA) is 0 Å². The second-order valence-electron chi connectivity index (χ2n) is 1.21. The van der Waals surface area contributed by atoms with Gasteiger partial charge in [0, 0.05) is 0 Å². The van der Waals surface area contributed by atoms with Gasteiger partial charge in [0.15, 0.2) is 0 Å². The van der Waals surface area contributed by atoms with Crippen LogP contribution in [0.3, 0.4) is 0 Å². The third-order valence-electron chi connectivity index (χ3n) is 0.667. The summed E-state index contributed by atoms with van der Waals surface area (Å²) in [5, 5.41) is 0. The van der Waals surface area contributed by atoms with Crippen LogP contribution in [0, 0.1) is 0 Å². The molecule has 0 saturated carbocycles. The van der Waals surface area contributed by atoms with Gasteiger partial charge in [-0.25, -0.2) is 0 Å². The minimum Gasteiger partial charge on any atom is -0.0623 e. The van der Waals surface area contributed by atoms with Crippen molar-refractivity contribution in [1.29, 1.82) is 0 Å². The summed E-state index contributed by atoms with van der Waals surface area (Å²) in [5.41, 5.74) is 0. The van der Waals surface area contributed by atoms with Crippen molar-refractivity contribution in [3.63, 3.8) is 0 Å². The van der Waals surface area contributed by atoms with E-state index in [0.29, 0.717) is 0 Å². The van der Waals surface area contributed by atoms with Crippen LogP contribution in [-0.2, 0) is 13.5 Å². The molecule has 1 aromatic rings. The monoisotopic (exact) mass is 428 g/mol. The quantitative estimate of drug-likeness (QED) is 0.595. The zero-order chi connectivity index (χ0) is 6.95. The standard InChI is InChI=1S/C6H6.2BrH.Os/c1-2-4-6-5-3-1;;;/h1-6H;2*1H;/q;;;+2/p-2. The Morgan fingerprint density at radius 3 is 0.889 bits per heavy atom. The van der Waals surface area contributed by atoms with Crippen LogP contribution in [-0.4, -0.2) is 0 Å². The average molecular weight is 428 g/mol. The van der Waals surface area contributed by atoms with Gasteiger partial charge in [-0.15, -0.1) is 0 Å². The van der Waals surface area contributed by atoms with Crippen molar-refractivity contribution in [2.45, 2.75) is 0 Å². The van der Waals surface area contributed by atoms with Gasteiger partial charge in [0.05, 0.1) is 0 Å². The van der Waals surface area contributed by atoms with Crippen molar-refractivity contribution in [3.8, 4) is 0 Å². The predicted octanol–water partition coefficient (Wildman–Crippen LogP) is 3.38. The zero-order valence-electron chi connectivity index (χ0n) is 4.57. The summed E-state index contributed by atoms with van der Waals surface area (Å²) >= 11 is 6.44. The number of rotatable bonds is 0. The molecule has 1 aromatic carbocycles. The maximum Gasteiger partial charge on any atom is -0.0623 e. The van der Waals surface area contributed by atoms with Crippen LogP contribution in [0.1, 0.15) is 0 Å². The Bertz CT molecular complexity index is 93.9. The van der Waals surface area contributed by atoms with Gasteiger partial charge < -0.3 is 0 Å². The van der Waals surface area contributed by atoms with E-state index in [9.17, 15) is 0 Å². The molecule has 0 nitrogen and oxygen atoms in total. The van der Waals surface area contributed by atoms with Crippen LogP contribution in [0.15, 0.2) is 36.4 Å². The van der Waals surface area contributed by atoms with Crippen molar-refractivity contribution in [2.24, 2.45) is 0 Å². The molecule has 52 valence electrons. The van der Waals surface area contributed by atoms with E-state index in [2.05, 4.69) is 27.1 Å². The van der Waals surface area contributed by atoms with E-state index in [1.54, 1.807) is 0 Å². The number of benzene rings is 1. The summed E-state index contributed by atoms with van der Waals surface area (Å²) in [7, 11) is 0. The van der Waals surface area contributed by atoms with Crippen molar-refractivity contribution in [2.75, 3.05) is 0 Å². The first kappa shape index (κ1) is 9.82. The molecule has 0 amide bonds. The first-order chi connectivity index (χ1) is 4.41. The van der Waals surface area contributed by atoms with Gasteiger partial charge in [-0.1, -0.05) is 36.4 Å². The smallest absolute Gasteiger partial charge is 0.0623 e. The number of hydrogen-bond donors (Lipinski definition) is 0. The number of halogens is 2. The first-order valence-electron chi connectivity index (χ1n) is 2.27. The molecular formula is C6H6Br2Os. The largest absolute Gasteiger partial charge is 0.0623 e. The molecule has 0 atom stereocenters. The van der Waals surface area contributed by atoms with Crippen LogP contribution in [0.2, 0.25) is 0 Å². The Morgan fingerprint density at radius 1 is 0.667 bits per heavy atom. The second-order valence-corrected chi connectivity index (χ2v) is 12.3. The van der Waals surface area contributed by atoms with Gasteiger partial charge in [-0.2, -0.15) is 0 Å². The van der Waals surface area contributed by atoms with E-state index < -0.39 is 0 Å². The molecule has 0 N–H and O–H groups in total. The second kappa shape index (κ2) is 8.82. The molecule has 0 unspecified atom stereocenters. The molecule has 0 saturated heterocycles. The molecule has 0 aliphatic carbocycles. The fourth-order valence-electron chi connectivity index (χ4n) is 0.385. The van der Waals surface area contributed by atoms with Crippen LogP contribution >= 0.6 is 27.1 Å². The van der Waals surface area contributed by atoms with E-state index in [1.165, 1.54) is 0 Å². The summed E-state index contributed by atoms with van der Waals surface area (Å²) in [5.74, 6) is 0. The van der Waals surface area contributed by atoms with Gasteiger partial charge in [0.25, 0.3) is 0 Å². The molecule has 0 aliphatic heterocycles. The maximum atomic E-state index is 3.20. The molecule has 0 radical (unpaired) electrons. The summed E-state index contributed by atoms with van der Waals surface area (Å²) < 4.78 is 0. The van der Waals surface area contributed by atoms with Crippen molar-refractivity contribution in [1.82, 2.24) is 0 Å². The van der Waals surface area contributed by atoms with Crippen molar-refractivity contribution in [3.05, 3.63) is 36.4 Å².